The van der Waals surface area contributed by atoms with Gasteiger partial charge in [-0.2, -0.15) is 11.8 Å². The van der Waals surface area contributed by atoms with Crippen LogP contribution in [0.15, 0.2) is 46.0 Å². The largest absolute Gasteiger partial charge is 0.472 e. The van der Waals surface area contributed by atoms with E-state index in [2.05, 4.69) is 47.5 Å². The lowest BCUT2D eigenvalue weighted by Crippen LogP contribution is -2.53. The predicted molar refractivity (Wildman–Crippen MR) is 152 cm³/mol. The number of hydrogen-bond acceptors (Lipinski definition) is 6. The van der Waals surface area contributed by atoms with E-state index < -0.39 is 0 Å². The molecule has 0 radical (unpaired) electrons. The number of fused-ring (bicyclic) bond motifs is 4. The van der Waals surface area contributed by atoms with E-state index >= 15 is 0 Å². The van der Waals surface area contributed by atoms with Gasteiger partial charge in [0.25, 0.3) is 0 Å². The fourth-order valence-corrected chi connectivity index (χ4v) is 11.1. The van der Waals surface area contributed by atoms with Crippen LogP contribution in [0, 0.1) is 29.6 Å². The Hall–Kier alpha value is -1.21. The summed E-state index contributed by atoms with van der Waals surface area (Å²) in [6.07, 6.45) is 18.4. The van der Waals surface area contributed by atoms with Crippen LogP contribution in [0.5, 0.6) is 0 Å². The van der Waals surface area contributed by atoms with E-state index in [-0.39, 0.29) is 12.3 Å². The number of furan rings is 2. The summed E-state index contributed by atoms with van der Waals surface area (Å²) < 4.78 is 11.1. The Labute approximate surface area is 232 Å². The van der Waals surface area contributed by atoms with Crippen LogP contribution in [0.4, 0.5) is 0 Å². The molecule has 5 fully saturated rings. The Morgan fingerprint density at radius 3 is 2.21 bits per heavy atom. The van der Waals surface area contributed by atoms with Crippen molar-refractivity contribution in [3.8, 4) is 0 Å². The molecule has 1 N–H and O–H groups in total. The molecule has 7 heterocycles. The minimum Gasteiger partial charge on any atom is -0.472 e. The van der Waals surface area contributed by atoms with Gasteiger partial charge in [0, 0.05) is 53.0 Å². The molecule has 3 unspecified atom stereocenters. The first kappa shape index (κ1) is 25.7. The molecule has 2 aromatic rings. The summed E-state index contributed by atoms with van der Waals surface area (Å²) in [6, 6.07) is 6.23. The van der Waals surface area contributed by atoms with Crippen molar-refractivity contribution in [1.82, 2.24) is 9.80 Å². The van der Waals surface area contributed by atoms with Gasteiger partial charge in [0.2, 0.25) is 0 Å². The summed E-state index contributed by atoms with van der Waals surface area (Å²) in [5.41, 5.74) is 2.62. The highest BCUT2D eigenvalue weighted by atomic mass is 32.2. The van der Waals surface area contributed by atoms with E-state index in [9.17, 15) is 5.11 Å². The van der Waals surface area contributed by atoms with E-state index in [1.807, 2.05) is 18.8 Å². The Kier molecular flexibility index (Phi) is 7.21. The van der Waals surface area contributed by atoms with Crippen molar-refractivity contribution < 1.29 is 13.9 Å². The molecule has 2 aromatic heterocycles. The third-order valence-electron chi connectivity index (χ3n) is 11.5. The number of aliphatic hydroxyl groups excluding tert-OH is 1. The van der Waals surface area contributed by atoms with Crippen LogP contribution in [0.3, 0.4) is 0 Å². The Morgan fingerprint density at radius 2 is 1.47 bits per heavy atom. The number of thioether (sulfide) groups is 1. The van der Waals surface area contributed by atoms with E-state index in [0.29, 0.717) is 41.1 Å². The third kappa shape index (κ3) is 4.52. The fraction of sp³-hybridized carbons (Fsp3) is 0.750. The van der Waals surface area contributed by atoms with E-state index in [1.165, 1.54) is 68.4 Å². The Bertz CT molecular complexity index is 1040. The molecule has 5 aliphatic heterocycles. The maximum Gasteiger partial charge on any atom is 0.112 e. The molecule has 7 rings (SSSR count). The Balaban J connectivity index is 1.18. The number of aliphatic hydroxyl groups is 1. The molecule has 208 valence electrons. The molecule has 0 bridgehead atoms. The van der Waals surface area contributed by atoms with Crippen molar-refractivity contribution in [2.75, 3.05) is 12.3 Å². The molecule has 5 nitrogen and oxygen atoms in total. The van der Waals surface area contributed by atoms with Crippen molar-refractivity contribution in [3.63, 3.8) is 0 Å². The molecule has 0 amide bonds. The van der Waals surface area contributed by atoms with Gasteiger partial charge < -0.3 is 13.9 Å². The SMILES string of the molecule is C[C@@H]1CCC(c2ccoc2)N2CC3CC4[C@H](CC[C@H]5[C@H](C)CC[C@@H](c6ccoc6)N5[C@@H]4O)SC[C@@H]3CC[C@@H]12. The Morgan fingerprint density at radius 1 is 0.789 bits per heavy atom. The average Bonchev–Trinajstić information content (AvgIpc) is 3.56. The summed E-state index contributed by atoms with van der Waals surface area (Å²) in [5.74, 6) is 4.43. The van der Waals surface area contributed by atoms with Crippen molar-refractivity contribution in [2.45, 2.75) is 107 Å². The zero-order valence-electron chi connectivity index (χ0n) is 23.2. The van der Waals surface area contributed by atoms with Crippen LogP contribution < -0.4 is 0 Å². The second kappa shape index (κ2) is 10.6. The molecule has 0 saturated carbocycles. The zero-order chi connectivity index (χ0) is 25.8. The molecular weight excluding hydrogens is 492 g/mol. The van der Waals surface area contributed by atoms with Crippen molar-refractivity contribution in [2.24, 2.45) is 29.6 Å². The summed E-state index contributed by atoms with van der Waals surface area (Å²) >= 11 is 2.22. The van der Waals surface area contributed by atoms with Gasteiger partial charge in [-0.1, -0.05) is 13.8 Å². The lowest BCUT2D eigenvalue weighted by atomic mass is 9.80. The minimum absolute atomic E-state index is 0.277. The summed E-state index contributed by atoms with van der Waals surface area (Å²) in [5, 5.41) is 12.9. The molecule has 11 atom stereocenters. The molecule has 5 aliphatic rings. The van der Waals surface area contributed by atoms with Gasteiger partial charge in [-0.25, -0.2) is 0 Å². The quantitative estimate of drug-likeness (QED) is 0.440. The third-order valence-corrected chi connectivity index (χ3v) is 13.1. The van der Waals surface area contributed by atoms with E-state index in [4.69, 9.17) is 8.83 Å². The van der Waals surface area contributed by atoms with Crippen molar-refractivity contribution in [3.05, 3.63) is 48.3 Å². The maximum absolute atomic E-state index is 12.3. The lowest BCUT2D eigenvalue weighted by molar-refractivity contribution is -0.115. The van der Waals surface area contributed by atoms with Gasteiger partial charge in [-0.05, 0) is 99.3 Å². The monoisotopic (exact) mass is 538 g/mol. The highest BCUT2D eigenvalue weighted by Crippen LogP contribution is 2.51. The molecule has 0 aliphatic carbocycles. The van der Waals surface area contributed by atoms with Crippen molar-refractivity contribution in [1.29, 1.82) is 0 Å². The zero-order valence-corrected chi connectivity index (χ0v) is 24.0. The fourth-order valence-electron chi connectivity index (χ4n) is 9.34. The summed E-state index contributed by atoms with van der Waals surface area (Å²) in [7, 11) is 0. The van der Waals surface area contributed by atoms with Crippen LogP contribution in [0.25, 0.3) is 0 Å². The number of nitrogens with zero attached hydrogens (tertiary/aromatic N) is 2. The van der Waals surface area contributed by atoms with Gasteiger partial charge in [0.1, 0.15) is 6.23 Å². The molecular formula is C32H46N2O3S. The predicted octanol–water partition coefficient (Wildman–Crippen LogP) is 7.12. The second-order valence-electron chi connectivity index (χ2n) is 13.4. The molecule has 5 saturated heterocycles. The van der Waals surface area contributed by atoms with Gasteiger partial charge in [0.05, 0.1) is 25.1 Å². The topological polar surface area (TPSA) is 53.0 Å². The highest BCUT2D eigenvalue weighted by Gasteiger charge is 2.50. The van der Waals surface area contributed by atoms with E-state index in [0.717, 1.165) is 24.7 Å². The van der Waals surface area contributed by atoms with Crippen LogP contribution in [-0.2, 0) is 0 Å². The number of hydrogen-bond donors (Lipinski definition) is 1. The van der Waals surface area contributed by atoms with Crippen molar-refractivity contribution >= 4 is 11.8 Å². The molecule has 38 heavy (non-hydrogen) atoms. The van der Waals surface area contributed by atoms with Crippen LogP contribution in [-0.4, -0.2) is 50.8 Å². The van der Waals surface area contributed by atoms with Crippen LogP contribution in [0.2, 0.25) is 0 Å². The molecule has 6 heteroatoms. The summed E-state index contributed by atoms with van der Waals surface area (Å²) in [6.45, 7) is 6.08. The van der Waals surface area contributed by atoms with Crippen LogP contribution in [0.1, 0.15) is 94.8 Å². The smallest absolute Gasteiger partial charge is 0.112 e. The highest BCUT2D eigenvalue weighted by molar-refractivity contribution is 7.99. The minimum atomic E-state index is -0.370. The second-order valence-corrected chi connectivity index (χ2v) is 14.7. The normalized spacial score (nSPS) is 44.6. The number of piperidine rings is 2. The molecule has 0 aromatic carbocycles. The first-order valence-corrected chi connectivity index (χ1v) is 16.5. The lowest BCUT2D eigenvalue weighted by Gasteiger charge is -2.48. The van der Waals surface area contributed by atoms with Gasteiger partial charge in [-0.3, -0.25) is 9.80 Å². The summed E-state index contributed by atoms with van der Waals surface area (Å²) in [4.78, 5) is 5.44. The van der Waals surface area contributed by atoms with Crippen LogP contribution >= 0.6 is 11.8 Å². The number of rotatable bonds is 2. The standard InChI is InChI=1S/C32H46N2O3S/c1-20-3-6-29(22-11-13-36-17-22)33-16-25-15-26-31(38-19-24(25)5-8-27(20)33)10-9-28-21(2)4-7-30(34(28)32(26)35)23-12-14-37-18-23/h11-14,17-18,20-21,24-32,35H,3-10,15-16,19H2,1-2H3/t20-,21-,24+,25?,26?,27+,28+,29?,30+,31+,32-/m1/s1. The van der Waals surface area contributed by atoms with Gasteiger partial charge >= 0.3 is 0 Å². The first-order valence-electron chi connectivity index (χ1n) is 15.5. The maximum atomic E-state index is 12.3. The molecule has 0 spiro atoms. The average molecular weight is 539 g/mol. The van der Waals surface area contributed by atoms with Gasteiger partial charge in [0.15, 0.2) is 0 Å². The van der Waals surface area contributed by atoms with E-state index in [1.54, 1.807) is 6.26 Å². The first-order chi connectivity index (χ1) is 18.6. The van der Waals surface area contributed by atoms with Gasteiger partial charge in [-0.15, -0.1) is 0 Å².